The number of nitrogens with zero attached hydrogens (tertiary/aromatic N) is 6. The van der Waals surface area contributed by atoms with Gasteiger partial charge in [-0.05, 0) is 23.3 Å². The van der Waals surface area contributed by atoms with E-state index in [0.29, 0.717) is 11.4 Å². The second-order valence-electron chi connectivity index (χ2n) is 3.78. The van der Waals surface area contributed by atoms with E-state index in [9.17, 15) is 0 Å². The summed E-state index contributed by atoms with van der Waals surface area (Å²) in [6.45, 7) is 1.78. The molecule has 1 radical (unpaired) electrons. The van der Waals surface area contributed by atoms with Gasteiger partial charge < -0.3 is 25.3 Å². The average molecular weight is 388 g/mol. The number of aryl methyl sites for hydroxylation is 1. The summed E-state index contributed by atoms with van der Waals surface area (Å²) in [6.07, 6.45) is 1.67. The molecule has 0 amide bonds. The molecule has 0 aliphatic heterocycles. The van der Waals surface area contributed by atoms with Gasteiger partial charge in [-0.3, -0.25) is 25.5 Å². The summed E-state index contributed by atoms with van der Waals surface area (Å²) < 4.78 is 1.67. The SMILES string of the molecule is CN=C([S-])N/N=C(C)/C(=N/NC([S-])=NC)c1ccnn1C.[Cu+2]. The predicted octanol–water partition coefficient (Wildman–Crippen LogP) is -0.258. The Morgan fingerprint density at radius 2 is 1.68 bits per heavy atom. The molecule has 1 heterocycles. The van der Waals surface area contributed by atoms with E-state index in [1.807, 2.05) is 6.07 Å². The third kappa shape index (κ3) is 6.06. The quantitative estimate of drug-likeness (QED) is 0.244. The number of rotatable bonds is 4. The Morgan fingerprint density at radius 3 is 2.14 bits per heavy atom. The third-order valence-corrected chi connectivity index (χ3v) is 2.94. The van der Waals surface area contributed by atoms with Crippen molar-refractivity contribution in [3.05, 3.63) is 18.0 Å². The molecule has 0 bridgehead atoms. The zero-order valence-corrected chi connectivity index (χ0v) is 15.0. The number of hydrazone groups is 2. The Balaban J connectivity index is 0.00000441. The van der Waals surface area contributed by atoms with Gasteiger partial charge in [-0.25, -0.2) is 0 Å². The molecular formula is C11H16CuN8S2. The average Bonchev–Trinajstić information content (AvgIpc) is 2.90. The van der Waals surface area contributed by atoms with Gasteiger partial charge in [-0.2, -0.15) is 15.3 Å². The number of hydrogen-bond donors (Lipinski definition) is 2. The molecule has 123 valence electrons. The fourth-order valence-corrected chi connectivity index (χ4v) is 1.41. The molecule has 0 aliphatic rings. The second kappa shape index (κ2) is 10.2. The first-order valence-electron chi connectivity index (χ1n) is 5.90. The molecule has 8 nitrogen and oxygen atoms in total. The summed E-state index contributed by atoms with van der Waals surface area (Å²) in [7, 11) is 4.97. The Bertz CT molecular complexity index is 605. The van der Waals surface area contributed by atoms with Crippen molar-refractivity contribution < 1.29 is 17.1 Å². The van der Waals surface area contributed by atoms with Gasteiger partial charge in [0.15, 0.2) is 0 Å². The molecule has 2 N–H and O–H groups in total. The van der Waals surface area contributed by atoms with Crippen LogP contribution in [0.3, 0.4) is 0 Å². The zero-order chi connectivity index (χ0) is 15.8. The number of hydrogen-bond acceptors (Lipinski definition) is 7. The van der Waals surface area contributed by atoms with Crippen LogP contribution in [0.25, 0.3) is 0 Å². The van der Waals surface area contributed by atoms with Crippen molar-refractivity contribution in [2.75, 3.05) is 14.1 Å². The van der Waals surface area contributed by atoms with Crippen molar-refractivity contribution in [2.45, 2.75) is 6.92 Å². The summed E-state index contributed by atoms with van der Waals surface area (Å²) in [4.78, 5) is 7.60. The monoisotopic (exact) mass is 387 g/mol. The maximum absolute atomic E-state index is 4.95. The van der Waals surface area contributed by atoms with Crippen LogP contribution in [0.5, 0.6) is 0 Å². The summed E-state index contributed by atoms with van der Waals surface area (Å²) in [5.41, 5.74) is 7.25. The molecule has 0 saturated carbocycles. The van der Waals surface area contributed by atoms with Crippen molar-refractivity contribution in [1.29, 1.82) is 0 Å². The minimum Gasteiger partial charge on any atom is -0.741 e. The van der Waals surface area contributed by atoms with Crippen molar-refractivity contribution in [3.8, 4) is 0 Å². The molecule has 0 saturated heterocycles. The van der Waals surface area contributed by atoms with E-state index in [1.165, 1.54) is 0 Å². The molecule has 0 fully saturated rings. The molecule has 1 aromatic rings. The fourth-order valence-electron chi connectivity index (χ4n) is 1.32. The molecule has 0 unspecified atom stereocenters. The Kier molecular flexibility index (Phi) is 9.50. The molecule has 0 aliphatic carbocycles. The Labute approximate surface area is 150 Å². The number of amidine groups is 2. The Morgan fingerprint density at radius 1 is 1.14 bits per heavy atom. The maximum Gasteiger partial charge on any atom is 2.00 e. The van der Waals surface area contributed by atoms with Crippen molar-refractivity contribution >= 4 is 47.0 Å². The van der Waals surface area contributed by atoms with Crippen LogP contribution >= 0.6 is 0 Å². The minimum absolute atomic E-state index is 0. The topological polar surface area (TPSA) is 91.3 Å². The largest absolute Gasteiger partial charge is 2.00 e. The van der Waals surface area contributed by atoms with Gasteiger partial charge in [-0.1, -0.05) is 0 Å². The minimum atomic E-state index is 0. The van der Waals surface area contributed by atoms with E-state index in [-0.39, 0.29) is 27.4 Å². The molecule has 0 atom stereocenters. The summed E-state index contributed by atoms with van der Waals surface area (Å²) in [6, 6.07) is 1.81. The van der Waals surface area contributed by atoms with Gasteiger partial charge in [0.25, 0.3) is 0 Å². The van der Waals surface area contributed by atoms with Gasteiger partial charge in [-0.15, -0.1) is 0 Å². The predicted molar refractivity (Wildman–Crippen MR) is 90.6 cm³/mol. The second-order valence-corrected chi connectivity index (χ2v) is 4.55. The summed E-state index contributed by atoms with van der Waals surface area (Å²) >= 11 is 9.87. The van der Waals surface area contributed by atoms with E-state index in [1.54, 1.807) is 38.9 Å². The molecule has 1 rings (SSSR count). The first-order chi connectivity index (χ1) is 9.99. The van der Waals surface area contributed by atoms with Gasteiger partial charge in [0, 0.05) is 27.3 Å². The molecular weight excluding hydrogens is 372 g/mol. The maximum atomic E-state index is 4.95. The van der Waals surface area contributed by atoms with E-state index < -0.39 is 0 Å². The Hall–Kier alpha value is -1.55. The van der Waals surface area contributed by atoms with E-state index in [2.05, 4.69) is 36.1 Å². The van der Waals surface area contributed by atoms with Crippen LogP contribution in [0.1, 0.15) is 12.6 Å². The first-order valence-corrected chi connectivity index (χ1v) is 6.71. The van der Waals surface area contributed by atoms with Crippen molar-refractivity contribution in [2.24, 2.45) is 27.2 Å². The van der Waals surface area contributed by atoms with Gasteiger partial charge >= 0.3 is 17.1 Å². The van der Waals surface area contributed by atoms with Crippen LogP contribution in [-0.4, -0.2) is 45.6 Å². The van der Waals surface area contributed by atoms with Crippen molar-refractivity contribution in [3.63, 3.8) is 0 Å². The molecule has 1 aromatic heterocycles. The number of aromatic nitrogens is 2. The number of aliphatic imine (C=N–C) groups is 2. The van der Waals surface area contributed by atoms with Gasteiger partial charge in [0.05, 0.1) is 11.4 Å². The zero-order valence-electron chi connectivity index (χ0n) is 12.5. The van der Waals surface area contributed by atoms with Crippen LogP contribution < -0.4 is 10.9 Å². The van der Waals surface area contributed by atoms with Crippen LogP contribution in [0.2, 0.25) is 0 Å². The van der Waals surface area contributed by atoms with E-state index >= 15 is 0 Å². The van der Waals surface area contributed by atoms with Crippen LogP contribution in [0.4, 0.5) is 0 Å². The fraction of sp³-hybridized carbons (Fsp3) is 0.364. The van der Waals surface area contributed by atoms with Crippen LogP contribution in [0.15, 0.2) is 32.5 Å². The number of nitrogens with one attached hydrogen (secondary N) is 2. The third-order valence-electron chi connectivity index (χ3n) is 2.40. The van der Waals surface area contributed by atoms with Gasteiger partial charge in [0.2, 0.25) is 0 Å². The van der Waals surface area contributed by atoms with Gasteiger partial charge in [0.1, 0.15) is 5.71 Å². The van der Waals surface area contributed by atoms with Crippen molar-refractivity contribution in [1.82, 2.24) is 20.6 Å². The normalized spacial score (nSPS) is 13.6. The van der Waals surface area contributed by atoms with Crippen LogP contribution in [0, 0.1) is 0 Å². The molecule has 22 heavy (non-hydrogen) atoms. The first kappa shape index (κ1) is 20.4. The van der Waals surface area contributed by atoms with E-state index in [4.69, 9.17) is 25.3 Å². The summed E-state index contributed by atoms with van der Waals surface area (Å²) in [5.74, 6) is 0. The van der Waals surface area contributed by atoms with Crippen LogP contribution in [-0.2, 0) is 49.4 Å². The molecule has 11 heteroatoms. The smallest absolute Gasteiger partial charge is 0.741 e. The molecule has 0 aromatic carbocycles. The summed E-state index contributed by atoms with van der Waals surface area (Å²) in [5, 5.41) is 13.0. The van der Waals surface area contributed by atoms with E-state index in [0.717, 1.165) is 5.69 Å². The molecule has 0 spiro atoms. The standard InChI is InChI=1S/C11H18N8S2.Cu/c1-7(15-17-10(20)12-2)9(16-18-11(21)13-3)8-5-6-14-19(8)4;/h5-6H,1-4H3,(H2,12,17,20)(H2,13,18,21);/q;+2/p-2/b15-7+,16-9-;.